The van der Waals surface area contributed by atoms with Crippen LogP contribution < -0.4 is 31.1 Å². The molecule has 0 aliphatic carbocycles. The van der Waals surface area contributed by atoms with Crippen LogP contribution in [0.15, 0.2) is 140 Å². The Balaban J connectivity index is 1.47. The maximum absolute atomic E-state index is 14.4. The van der Waals surface area contributed by atoms with Crippen LogP contribution in [0.2, 0.25) is 0 Å². The van der Waals surface area contributed by atoms with Crippen LogP contribution in [0.5, 0.6) is 5.75 Å². The molecule has 0 saturated carbocycles. The largest absolute Gasteiger partial charge is 0.433 e. The molecule has 1 aromatic heterocycles. The van der Waals surface area contributed by atoms with E-state index in [1.54, 1.807) is 12.3 Å². The first-order valence-electron chi connectivity index (χ1n) is 11.7. The zero-order valence-electron chi connectivity index (χ0n) is 19.6. The van der Waals surface area contributed by atoms with Crippen molar-refractivity contribution < 1.29 is 9.09 Å². The second kappa shape index (κ2) is 11.4. The number of aromatic nitrogens is 1. The molecule has 6 heteroatoms. The van der Waals surface area contributed by atoms with Gasteiger partial charge in [0, 0.05) is 12.5 Å². The number of rotatable bonds is 9. The quantitative estimate of drug-likeness (QED) is 0.252. The van der Waals surface area contributed by atoms with Gasteiger partial charge in [-0.15, -0.1) is 0 Å². The molecule has 0 radical (unpaired) electrons. The lowest BCUT2D eigenvalue weighted by molar-refractivity contribution is 0.502. The van der Waals surface area contributed by atoms with Crippen molar-refractivity contribution in [1.29, 1.82) is 0 Å². The number of nitrogens with one attached hydrogen (secondary N) is 1. The maximum atomic E-state index is 14.4. The Bertz CT molecular complexity index is 1350. The Labute approximate surface area is 213 Å². The van der Waals surface area contributed by atoms with Crippen LogP contribution in [0, 0.1) is 0 Å². The summed E-state index contributed by atoms with van der Waals surface area (Å²) in [5.41, 5.74) is 0. The number of hydrogen-bond donors (Lipinski definition) is 1. The van der Waals surface area contributed by atoms with Gasteiger partial charge in [-0.2, -0.15) is 0 Å². The molecule has 0 bridgehead atoms. The smallest absolute Gasteiger partial charge is 0.306 e. The monoisotopic (exact) mass is 508 g/mol. The third-order valence-corrected chi connectivity index (χ3v) is 10.5. The van der Waals surface area contributed by atoms with Crippen LogP contribution in [0.1, 0.15) is 0 Å². The molecule has 0 aliphatic heterocycles. The Morgan fingerprint density at radius 2 is 1.11 bits per heavy atom. The summed E-state index contributed by atoms with van der Waals surface area (Å²) in [6.45, 7) is 0. The first kappa shape index (κ1) is 24.0. The van der Waals surface area contributed by atoms with Crippen molar-refractivity contribution in [3.8, 4) is 5.75 Å². The van der Waals surface area contributed by atoms with E-state index in [0.717, 1.165) is 0 Å². The maximum Gasteiger partial charge on any atom is 0.306 e. The Hall–Kier alpha value is -3.71. The van der Waals surface area contributed by atoms with Gasteiger partial charge in [0.05, 0.1) is 10.6 Å². The Morgan fingerprint density at radius 3 is 1.61 bits per heavy atom. The molecule has 0 aliphatic rings. The van der Waals surface area contributed by atoms with Gasteiger partial charge in [-0.25, -0.2) is 4.98 Å². The summed E-state index contributed by atoms with van der Waals surface area (Å²) in [4.78, 5) is 4.56. The summed E-state index contributed by atoms with van der Waals surface area (Å²) in [5.74, 6) is 1.04. The van der Waals surface area contributed by atoms with Gasteiger partial charge in [0.2, 0.25) is 0 Å². The molecule has 1 heterocycles. The zero-order chi connectivity index (χ0) is 24.6. The molecule has 5 rings (SSSR count). The molecular weight excluding hydrogens is 482 g/mol. The second-order valence-electron chi connectivity index (χ2n) is 8.10. The van der Waals surface area contributed by atoms with Crippen molar-refractivity contribution in [3.05, 3.63) is 140 Å². The Kier molecular flexibility index (Phi) is 7.57. The first-order chi connectivity index (χ1) is 17.7. The molecule has 0 spiro atoms. The molecule has 0 unspecified atom stereocenters. The SMILES string of the molecule is O=P(Oc1cccnc1NCP(c1ccccc1)c1ccccc1)(c1ccccc1)c1ccccc1. The fourth-order valence-electron chi connectivity index (χ4n) is 3.94. The summed E-state index contributed by atoms with van der Waals surface area (Å²) in [6.07, 6.45) is 2.39. The summed E-state index contributed by atoms with van der Waals surface area (Å²) in [6, 6.07) is 43.3. The van der Waals surface area contributed by atoms with E-state index in [-0.39, 0.29) is 0 Å². The summed E-state index contributed by atoms with van der Waals surface area (Å²) in [5, 5.41) is 7.32. The highest BCUT2D eigenvalue weighted by Crippen LogP contribution is 2.47. The van der Waals surface area contributed by atoms with Gasteiger partial charge in [-0.1, -0.05) is 97.1 Å². The average Bonchev–Trinajstić information content (AvgIpc) is 2.96. The molecular formula is C30H26N2O2P2. The molecule has 0 saturated heterocycles. The minimum absolute atomic E-state index is 0.463. The standard InChI is InChI=1S/C30H26N2O2P2/c33-36(27-18-9-3-10-19-27,28-20-11-4-12-21-28)34-29-22-13-23-31-30(29)32-24-35(25-14-5-1-6-15-25)26-16-7-2-8-17-26/h1-23H,24H2,(H,31,32). The van der Waals surface area contributed by atoms with E-state index in [9.17, 15) is 4.57 Å². The molecule has 0 amide bonds. The van der Waals surface area contributed by atoms with E-state index >= 15 is 0 Å². The second-order valence-corrected chi connectivity index (χ2v) is 12.6. The summed E-state index contributed by atoms with van der Waals surface area (Å²) < 4.78 is 20.8. The van der Waals surface area contributed by atoms with E-state index < -0.39 is 15.3 Å². The highest BCUT2D eigenvalue weighted by molar-refractivity contribution is 7.74. The van der Waals surface area contributed by atoms with Crippen LogP contribution >= 0.6 is 15.3 Å². The molecule has 178 valence electrons. The average molecular weight is 508 g/mol. The summed E-state index contributed by atoms with van der Waals surface area (Å²) >= 11 is 0. The van der Waals surface area contributed by atoms with Gasteiger partial charge >= 0.3 is 7.37 Å². The summed E-state index contributed by atoms with van der Waals surface area (Å²) in [7, 11) is -4.09. The third kappa shape index (κ3) is 5.41. The van der Waals surface area contributed by atoms with Crippen LogP contribution in [0.3, 0.4) is 0 Å². The first-order valence-corrected chi connectivity index (χ1v) is 14.9. The fourth-order valence-corrected chi connectivity index (χ4v) is 8.04. The number of anilines is 1. The molecule has 0 atom stereocenters. The van der Waals surface area contributed by atoms with Crippen molar-refractivity contribution in [2.75, 3.05) is 11.6 Å². The van der Waals surface area contributed by atoms with Crippen LogP contribution in [0.4, 0.5) is 5.82 Å². The number of nitrogens with zero attached hydrogens (tertiary/aromatic N) is 1. The van der Waals surface area contributed by atoms with Gasteiger partial charge in [0.15, 0.2) is 11.6 Å². The van der Waals surface area contributed by atoms with E-state index in [4.69, 9.17) is 4.52 Å². The minimum atomic E-state index is -3.41. The third-order valence-electron chi connectivity index (χ3n) is 5.73. The zero-order valence-corrected chi connectivity index (χ0v) is 21.4. The lowest BCUT2D eigenvalue weighted by Crippen LogP contribution is -2.21. The van der Waals surface area contributed by atoms with Crippen molar-refractivity contribution in [3.63, 3.8) is 0 Å². The van der Waals surface area contributed by atoms with E-state index in [1.807, 2.05) is 78.9 Å². The molecule has 4 nitrogen and oxygen atoms in total. The molecule has 36 heavy (non-hydrogen) atoms. The molecule has 4 aromatic carbocycles. The van der Waals surface area contributed by atoms with Crippen molar-refractivity contribution in [2.24, 2.45) is 0 Å². The normalized spacial score (nSPS) is 11.2. The van der Waals surface area contributed by atoms with Gasteiger partial charge in [0.1, 0.15) is 0 Å². The van der Waals surface area contributed by atoms with Crippen LogP contribution in [-0.4, -0.2) is 11.3 Å². The van der Waals surface area contributed by atoms with Gasteiger partial charge in [-0.05, 0) is 54.9 Å². The number of benzene rings is 4. The number of pyridine rings is 1. The fraction of sp³-hybridized carbons (Fsp3) is 0.0333. The molecule has 1 N–H and O–H groups in total. The van der Waals surface area contributed by atoms with Crippen molar-refractivity contribution in [1.82, 2.24) is 4.98 Å². The van der Waals surface area contributed by atoms with Crippen molar-refractivity contribution in [2.45, 2.75) is 0 Å². The number of hydrogen-bond acceptors (Lipinski definition) is 4. The van der Waals surface area contributed by atoms with E-state index in [1.165, 1.54) is 10.6 Å². The van der Waals surface area contributed by atoms with Gasteiger partial charge in [0.25, 0.3) is 0 Å². The van der Waals surface area contributed by atoms with Crippen LogP contribution in [0.25, 0.3) is 0 Å². The predicted molar refractivity (Wildman–Crippen MR) is 152 cm³/mol. The predicted octanol–water partition coefficient (Wildman–Crippen LogP) is 5.89. The highest BCUT2D eigenvalue weighted by Gasteiger charge is 2.31. The lowest BCUT2D eigenvalue weighted by atomic mass is 10.4. The van der Waals surface area contributed by atoms with E-state index in [2.05, 4.69) is 58.8 Å². The lowest BCUT2D eigenvalue weighted by Gasteiger charge is -2.23. The van der Waals surface area contributed by atoms with Crippen molar-refractivity contribution >= 4 is 42.3 Å². The van der Waals surface area contributed by atoms with E-state index in [0.29, 0.717) is 28.5 Å². The van der Waals surface area contributed by atoms with Gasteiger partial charge in [-0.3, -0.25) is 4.57 Å². The Morgan fingerprint density at radius 1 is 0.639 bits per heavy atom. The van der Waals surface area contributed by atoms with Gasteiger partial charge < -0.3 is 9.84 Å². The highest BCUT2D eigenvalue weighted by atomic mass is 31.2. The molecule has 5 aromatic rings. The van der Waals surface area contributed by atoms with Crippen LogP contribution in [-0.2, 0) is 4.57 Å². The topological polar surface area (TPSA) is 51.2 Å². The molecule has 0 fully saturated rings. The minimum Gasteiger partial charge on any atom is -0.433 e.